The highest BCUT2D eigenvalue weighted by molar-refractivity contribution is 6.13. The molecule has 130 valence electrons. The van der Waals surface area contributed by atoms with Gasteiger partial charge in [-0.2, -0.15) is 0 Å². The Morgan fingerprint density at radius 2 is 1.18 bits per heavy atom. The molecule has 1 nitrogen and oxygen atoms in total. The van der Waals surface area contributed by atoms with Crippen LogP contribution >= 0.6 is 0 Å². The molecule has 0 spiro atoms. The summed E-state index contributed by atoms with van der Waals surface area (Å²) in [6, 6.07) is 30.8. The van der Waals surface area contributed by atoms with E-state index < -0.39 is 0 Å². The van der Waals surface area contributed by atoms with E-state index in [4.69, 9.17) is 4.42 Å². The van der Waals surface area contributed by atoms with Gasteiger partial charge in [0.05, 0.1) is 0 Å². The van der Waals surface area contributed by atoms with Gasteiger partial charge < -0.3 is 4.42 Å². The van der Waals surface area contributed by atoms with E-state index in [1.54, 1.807) is 0 Å². The van der Waals surface area contributed by atoms with Crippen LogP contribution < -0.4 is 0 Å². The van der Waals surface area contributed by atoms with Gasteiger partial charge in [-0.15, -0.1) is 0 Å². The molecule has 0 aliphatic heterocycles. The quantitative estimate of drug-likeness (QED) is 0.257. The fourth-order valence-electron chi connectivity index (χ4n) is 4.84. The van der Waals surface area contributed by atoms with E-state index in [0.717, 1.165) is 17.6 Å². The molecular formula is C27H16O. The van der Waals surface area contributed by atoms with Crippen LogP contribution in [-0.2, 0) is 6.42 Å². The molecule has 1 heterocycles. The molecule has 0 atom stereocenters. The van der Waals surface area contributed by atoms with Gasteiger partial charge in [-0.05, 0) is 86.6 Å². The lowest BCUT2D eigenvalue weighted by molar-refractivity contribution is 0.669. The van der Waals surface area contributed by atoms with Crippen molar-refractivity contribution in [1.29, 1.82) is 0 Å². The van der Waals surface area contributed by atoms with Crippen LogP contribution in [0.1, 0.15) is 11.1 Å². The van der Waals surface area contributed by atoms with Crippen molar-refractivity contribution in [2.45, 2.75) is 6.42 Å². The van der Waals surface area contributed by atoms with Crippen molar-refractivity contribution in [2.75, 3.05) is 0 Å². The van der Waals surface area contributed by atoms with Crippen molar-refractivity contribution in [2.24, 2.45) is 0 Å². The Morgan fingerprint density at radius 1 is 0.500 bits per heavy atom. The van der Waals surface area contributed by atoms with Gasteiger partial charge in [0.2, 0.25) is 0 Å². The number of rotatable bonds is 0. The zero-order valence-electron chi connectivity index (χ0n) is 15.2. The van der Waals surface area contributed by atoms with Gasteiger partial charge in [0, 0.05) is 10.8 Å². The second-order valence-corrected chi connectivity index (χ2v) is 7.84. The SMILES string of the molecule is c1ccc2c(c1)Cc1cc3c(cc1-2)oc1cc2cc4ccccc4cc2cc13. The molecule has 0 bridgehead atoms. The lowest BCUT2D eigenvalue weighted by Crippen LogP contribution is -1.80. The lowest BCUT2D eigenvalue weighted by Gasteiger charge is -2.03. The molecule has 0 N–H and O–H groups in total. The molecule has 1 aliphatic carbocycles. The van der Waals surface area contributed by atoms with E-state index in [1.807, 2.05) is 0 Å². The number of hydrogen-bond acceptors (Lipinski definition) is 1. The van der Waals surface area contributed by atoms with Crippen molar-refractivity contribution in [3.05, 3.63) is 96.1 Å². The molecule has 0 amide bonds. The van der Waals surface area contributed by atoms with Crippen LogP contribution in [0.5, 0.6) is 0 Å². The van der Waals surface area contributed by atoms with Gasteiger partial charge in [0.15, 0.2) is 0 Å². The van der Waals surface area contributed by atoms with Gasteiger partial charge in [0.1, 0.15) is 11.2 Å². The van der Waals surface area contributed by atoms with E-state index in [2.05, 4.69) is 84.9 Å². The molecule has 0 saturated carbocycles. The summed E-state index contributed by atoms with van der Waals surface area (Å²) in [6.45, 7) is 0. The highest BCUT2D eigenvalue weighted by Crippen LogP contribution is 2.42. The van der Waals surface area contributed by atoms with Crippen LogP contribution in [-0.4, -0.2) is 0 Å². The normalized spacial score (nSPS) is 12.9. The third-order valence-electron chi connectivity index (χ3n) is 6.21. The van der Waals surface area contributed by atoms with Crippen LogP contribution in [0, 0.1) is 0 Å². The van der Waals surface area contributed by atoms with Gasteiger partial charge in [-0.1, -0.05) is 48.5 Å². The highest BCUT2D eigenvalue weighted by atomic mass is 16.3. The summed E-state index contributed by atoms with van der Waals surface area (Å²) in [5.41, 5.74) is 7.41. The van der Waals surface area contributed by atoms with Gasteiger partial charge in [0.25, 0.3) is 0 Å². The molecule has 1 aromatic heterocycles. The Hall–Kier alpha value is -3.58. The molecule has 6 aromatic rings. The Bertz CT molecular complexity index is 1580. The molecular weight excluding hydrogens is 340 g/mol. The number of furan rings is 1. The average Bonchev–Trinajstić information content (AvgIpc) is 3.25. The van der Waals surface area contributed by atoms with E-state index in [1.165, 1.54) is 54.6 Å². The van der Waals surface area contributed by atoms with Crippen molar-refractivity contribution in [3.8, 4) is 11.1 Å². The van der Waals surface area contributed by atoms with E-state index >= 15 is 0 Å². The zero-order valence-corrected chi connectivity index (χ0v) is 15.2. The second-order valence-electron chi connectivity index (χ2n) is 7.84. The maximum atomic E-state index is 6.31. The third-order valence-corrected chi connectivity index (χ3v) is 6.21. The largest absolute Gasteiger partial charge is 0.456 e. The maximum Gasteiger partial charge on any atom is 0.136 e. The second kappa shape index (κ2) is 5.02. The standard InChI is InChI=1S/C27H16O/c1-2-6-17-10-20-14-26-24(12-19(20)9-16(17)5-1)25-13-21-11-18-7-3-4-8-22(18)23(21)15-27(25)28-26/h1-10,12-15H,11H2. The fraction of sp³-hybridized carbons (Fsp3) is 0.0370. The summed E-state index contributed by atoms with van der Waals surface area (Å²) in [5.74, 6) is 0. The number of fused-ring (bicyclic) bond motifs is 8. The summed E-state index contributed by atoms with van der Waals surface area (Å²) in [6.07, 6.45) is 1.01. The molecule has 28 heavy (non-hydrogen) atoms. The minimum absolute atomic E-state index is 0.967. The van der Waals surface area contributed by atoms with Crippen molar-refractivity contribution in [3.63, 3.8) is 0 Å². The summed E-state index contributed by atoms with van der Waals surface area (Å²) in [7, 11) is 0. The summed E-state index contributed by atoms with van der Waals surface area (Å²) < 4.78 is 6.31. The Balaban J connectivity index is 1.55. The van der Waals surface area contributed by atoms with E-state index in [9.17, 15) is 0 Å². The fourth-order valence-corrected chi connectivity index (χ4v) is 4.84. The van der Waals surface area contributed by atoms with Crippen LogP contribution in [0.2, 0.25) is 0 Å². The first-order chi connectivity index (χ1) is 13.8. The summed E-state index contributed by atoms with van der Waals surface area (Å²) >= 11 is 0. The van der Waals surface area contributed by atoms with E-state index in [-0.39, 0.29) is 0 Å². The summed E-state index contributed by atoms with van der Waals surface area (Å²) in [4.78, 5) is 0. The Morgan fingerprint density at radius 3 is 2.04 bits per heavy atom. The average molecular weight is 356 g/mol. The maximum absolute atomic E-state index is 6.31. The molecule has 1 aliphatic rings. The molecule has 0 radical (unpaired) electrons. The first-order valence-electron chi connectivity index (χ1n) is 9.73. The number of benzene rings is 5. The third kappa shape index (κ3) is 1.86. The molecule has 7 rings (SSSR count). The smallest absolute Gasteiger partial charge is 0.136 e. The van der Waals surface area contributed by atoms with Crippen molar-refractivity contribution < 1.29 is 4.42 Å². The first-order valence-corrected chi connectivity index (χ1v) is 9.73. The van der Waals surface area contributed by atoms with E-state index in [0.29, 0.717) is 0 Å². The predicted molar refractivity (Wildman–Crippen MR) is 117 cm³/mol. The monoisotopic (exact) mass is 356 g/mol. The zero-order chi connectivity index (χ0) is 18.2. The molecule has 1 heteroatoms. The minimum Gasteiger partial charge on any atom is -0.456 e. The van der Waals surface area contributed by atoms with Crippen molar-refractivity contribution >= 4 is 43.5 Å². The van der Waals surface area contributed by atoms with Crippen molar-refractivity contribution in [1.82, 2.24) is 0 Å². The lowest BCUT2D eigenvalue weighted by atomic mass is 10.00. The highest BCUT2D eigenvalue weighted by Gasteiger charge is 2.20. The first kappa shape index (κ1) is 14.5. The van der Waals surface area contributed by atoms with Crippen LogP contribution in [0.25, 0.3) is 54.6 Å². The van der Waals surface area contributed by atoms with Crippen LogP contribution in [0.3, 0.4) is 0 Å². The van der Waals surface area contributed by atoms with Crippen LogP contribution in [0.4, 0.5) is 0 Å². The van der Waals surface area contributed by atoms with Gasteiger partial charge in [-0.25, -0.2) is 0 Å². The molecule has 5 aromatic carbocycles. The van der Waals surface area contributed by atoms with Gasteiger partial charge >= 0.3 is 0 Å². The predicted octanol–water partition coefficient (Wildman–Crippen LogP) is 7.46. The van der Waals surface area contributed by atoms with Gasteiger partial charge in [-0.3, -0.25) is 0 Å². The van der Waals surface area contributed by atoms with Crippen LogP contribution in [0.15, 0.2) is 89.3 Å². The molecule has 0 fully saturated rings. The minimum atomic E-state index is 0.967. The topological polar surface area (TPSA) is 13.1 Å². The summed E-state index contributed by atoms with van der Waals surface area (Å²) in [5, 5.41) is 7.45. The Labute approximate surface area is 161 Å². The number of hydrogen-bond donors (Lipinski definition) is 0. The molecule has 0 saturated heterocycles. The Kier molecular flexibility index (Phi) is 2.60. The molecule has 0 unspecified atom stereocenters.